The van der Waals surface area contributed by atoms with Crippen molar-refractivity contribution in [1.82, 2.24) is 5.32 Å². The first-order valence-corrected chi connectivity index (χ1v) is 7.60. The predicted octanol–water partition coefficient (Wildman–Crippen LogP) is 3.74. The number of nitrogens with one attached hydrogen (secondary N) is 1. The summed E-state index contributed by atoms with van der Waals surface area (Å²) in [5.41, 5.74) is 3.15. The van der Waals surface area contributed by atoms with Crippen LogP contribution in [-0.2, 0) is 6.42 Å². The summed E-state index contributed by atoms with van der Waals surface area (Å²) in [7, 11) is 0. The Kier molecular flexibility index (Phi) is 3.43. The molecule has 4 atom stereocenters. The second kappa shape index (κ2) is 5.05. The molecule has 1 saturated carbocycles. The van der Waals surface area contributed by atoms with Crippen LogP contribution in [0.15, 0.2) is 24.3 Å². The van der Waals surface area contributed by atoms with Crippen LogP contribution in [0.2, 0.25) is 0 Å². The summed E-state index contributed by atoms with van der Waals surface area (Å²) in [5.74, 6) is 2.59. The molecule has 1 nitrogen and oxygen atoms in total. The molecule has 18 heavy (non-hydrogen) atoms. The van der Waals surface area contributed by atoms with Gasteiger partial charge in [0.25, 0.3) is 0 Å². The lowest BCUT2D eigenvalue weighted by Gasteiger charge is -2.32. The Bertz CT molecular complexity index is 412. The minimum absolute atomic E-state index is 0.766. The number of hydrogen-bond acceptors (Lipinski definition) is 1. The quantitative estimate of drug-likeness (QED) is 0.849. The van der Waals surface area contributed by atoms with E-state index in [4.69, 9.17) is 0 Å². The monoisotopic (exact) mass is 243 g/mol. The van der Waals surface area contributed by atoms with Crippen molar-refractivity contribution in [2.45, 2.75) is 51.5 Å². The molecule has 0 bridgehead atoms. The maximum atomic E-state index is 3.84. The van der Waals surface area contributed by atoms with Gasteiger partial charge in [0.05, 0.1) is 0 Å². The zero-order valence-electron chi connectivity index (χ0n) is 11.7. The molecule has 2 aliphatic carbocycles. The van der Waals surface area contributed by atoms with Gasteiger partial charge in [-0.15, -0.1) is 0 Å². The molecule has 1 aromatic rings. The van der Waals surface area contributed by atoms with Crippen LogP contribution in [0.1, 0.15) is 50.2 Å². The molecule has 1 N–H and O–H groups in total. The highest BCUT2D eigenvalue weighted by atomic mass is 14.9. The highest BCUT2D eigenvalue weighted by Gasteiger charge is 2.32. The van der Waals surface area contributed by atoms with Gasteiger partial charge in [0.15, 0.2) is 0 Å². The number of fused-ring (bicyclic) bond motifs is 1. The highest BCUT2D eigenvalue weighted by molar-refractivity contribution is 5.40. The molecule has 1 heteroatoms. The van der Waals surface area contributed by atoms with Crippen molar-refractivity contribution in [2.75, 3.05) is 6.54 Å². The summed E-state index contributed by atoms with van der Waals surface area (Å²) < 4.78 is 0. The van der Waals surface area contributed by atoms with E-state index in [0.717, 1.165) is 23.8 Å². The van der Waals surface area contributed by atoms with E-state index in [2.05, 4.69) is 43.4 Å². The van der Waals surface area contributed by atoms with E-state index in [1.807, 2.05) is 0 Å². The van der Waals surface area contributed by atoms with Crippen LogP contribution in [0.3, 0.4) is 0 Å². The highest BCUT2D eigenvalue weighted by Crippen LogP contribution is 2.36. The van der Waals surface area contributed by atoms with Crippen LogP contribution in [0.25, 0.3) is 0 Å². The first kappa shape index (κ1) is 12.2. The molecule has 3 rings (SSSR count). The summed E-state index contributed by atoms with van der Waals surface area (Å²) >= 11 is 0. The Morgan fingerprint density at radius 1 is 1.22 bits per heavy atom. The average molecular weight is 243 g/mol. The molecule has 0 heterocycles. The van der Waals surface area contributed by atoms with Crippen molar-refractivity contribution in [3.05, 3.63) is 35.4 Å². The standard InChI is InChI=1S/C17H25N/c1-3-13-8-9-17(12(13)2)18-11-15-10-14-6-4-5-7-16(14)15/h4-7,12-13,15,17-18H,3,8-11H2,1-2H3. The first-order chi connectivity index (χ1) is 8.79. The van der Waals surface area contributed by atoms with Gasteiger partial charge < -0.3 is 5.32 Å². The van der Waals surface area contributed by atoms with Gasteiger partial charge in [-0.05, 0) is 42.2 Å². The molecule has 0 saturated heterocycles. The topological polar surface area (TPSA) is 12.0 Å². The van der Waals surface area contributed by atoms with E-state index in [1.54, 1.807) is 11.1 Å². The second-order valence-electron chi connectivity index (χ2n) is 6.22. The van der Waals surface area contributed by atoms with Gasteiger partial charge in [-0.2, -0.15) is 0 Å². The van der Waals surface area contributed by atoms with Crippen molar-refractivity contribution in [3.8, 4) is 0 Å². The van der Waals surface area contributed by atoms with Crippen molar-refractivity contribution < 1.29 is 0 Å². The van der Waals surface area contributed by atoms with Crippen molar-refractivity contribution in [3.63, 3.8) is 0 Å². The molecule has 98 valence electrons. The van der Waals surface area contributed by atoms with Gasteiger partial charge in [0.1, 0.15) is 0 Å². The third-order valence-corrected chi connectivity index (χ3v) is 5.34. The van der Waals surface area contributed by atoms with Crippen LogP contribution in [-0.4, -0.2) is 12.6 Å². The maximum Gasteiger partial charge on any atom is 0.00956 e. The SMILES string of the molecule is CCC1CCC(NCC2Cc3ccccc32)C1C. The summed E-state index contributed by atoms with van der Waals surface area (Å²) in [5, 5.41) is 3.84. The largest absolute Gasteiger partial charge is 0.313 e. The zero-order valence-corrected chi connectivity index (χ0v) is 11.7. The van der Waals surface area contributed by atoms with E-state index < -0.39 is 0 Å². The lowest BCUT2D eigenvalue weighted by Crippen LogP contribution is -2.38. The lowest BCUT2D eigenvalue weighted by molar-refractivity contribution is 0.336. The minimum Gasteiger partial charge on any atom is -0.313 e. The maximum absolute atomic E-state index is 3.84. The molecule has 2 aliphatic rings. The van der Waals surface area contributed by atoms with Gasteiger partial charge in [-0.1, -0.05) is 44.5 Å². The number of rotatable bonds is 4. The number of hydrogen-bond donors (Lipinski definition) is 1. The van der Waals surface area contributed by atoms with E-state index in [0.29, 0.717) is 0 Å². The Morgan fingerprint density at radius 3 is 2.78 bits per heavy atom. The van der Waals surface area contributed by atoms with E-state index in [9.17, 15) is 0 Å². The molecule has 1 fully saturated rings. The van der Waals surface area contributed by atoms with Crippen LogP contribution in [0.4, 0.5) is 0 Å². The molecular weight excluding hydrogens is 218 g/mol. The van der Waals surface area contributed by atoms with Gasteiger partial charge in [-0.3, -0.25) is 0 Å². The molecule has 0 spiro atoms. The molecule has 0 aliphatic heterocycles. The lowest BCUT2D eigenvalue weighted by atomic mass is 9.77. The van der Waals surface area contributed by atoms with Gasteiger partial charge in [0.2, 0.25) is 0 Å². The fourth-order valence-corrected chi connectivity index (χ4v) is 3.95. The van der Waals surface area contributed by atoms with E-state index >= 15 is 0 Å². The fourth-order valence-electron chi connectivity index (χ4n) is 3.95. The Morgan fingerprint density at radius 2 is 2.06 bits per heavy atom. The Balaban J connectivity index is 1.52. The molecule has 0 aromatic heterocycles. The molecule has 0 amide bonds. The molecule has 4 unspecified atom stereocenters. The summed E-state index contributed by atoms with van der Waals surface area (Å²) in [6, 6.07) is 9.68. The molecule has 0 radical (unpaired) electrons. The van der Waals surface area contributed by atoms with Crippen LogP contribution < -0.4 is 5.32 Å². The summed E-state index contributed by atoms with van der Waals surface area (Å²) in [6.07, 6.45) is 5.44. The summed E-state index contributed by atoms with van der Waals surface area (Å²) in [6.45, 7) is 5.96. The summed E-state index contributed by atoms with van der Waals surface area (Å²) in [4.78, 5) is 0. The normalized spacial score (nSPS) is 34.1. The first-order valence-electron chi connectivity index (χ1n) is 7.60. The second-order valence-corrected chi connectivity index (χ2v) is 6.22. The fraction of sp³-hybridized carbons (Fsp3) is 0.647. The number of benzene rings is 1. The van der Waals surface area contributed by atoms with Crippen LogP contribution in [0.5, 0.6) is 0 Å². The Hall–Kier alpha value is -0.820. The van der Waals surface area contributed by atoms with Gasteiger partial charge in [0, 0.05) is 18.5 Å². The third-order valence-electron chi connectivity index (χ3n) is 5.34. The minimum atomic E-state index is 0.766. The van der Waals surface area contributed by atoms with E-state index in [1.165, 1.54) is 32.2 Å². The van der Waals surface area contributed by atoms with E-state index in [-0.39, 0.29) is 0 Å². The van der Waals surface area contributed by atoms with Crippen LogP contribution in [0, 0.1) is 11.8 Å². The van der Waals surface area contributed by atoms with Crippen molar-refractivity contribution in [2.24, 2.45) is 11.8 Å². The molecular formula is C17H25N. The smallest absolute Gasteiger partial charge is 0.00956 e. The Labute approximate surface area is 111 Å². The average Bonchev–Trinajstić information content (AvgIpc) is 2.71. The molecule has 1 aromatic carbocycles. The predicted molar refractivity (Wildman–Crippen MR) is 76.9 cm³/mol. The van der Waals surface area contributed by atoms with Crippen molar-refractivity contribution in [1.29, 1.82) is 0 Å². The zero-order chi connectivity index (χ0) is 12.5. The van der Waals surface area contributed by atoms with Crippen LogP contribution >= 0.6 is 0 Å². The van der Waals surface area contributed by atoms with Gasteiger partial charge >= 0.3 is 0 Å². The van der Waals surface area contributed by atoms with Gasteiger partial charge in [-0.25, -0.2) is 0 Å². The third kappa shape index (κ3) is 2.09. The van der Waals surface area contributed by atoms with Crippen molar-refractivity contribution >= 4 is 0 Å².